The van der Waals surface area contributed by atoms with Gasteiger partial charge < -0.3 is 5.32 Å². The summed E-state index contributed by atoms with van der Waals surface area (Å²) in [6.07, 6.45) is 1.92. The second-order valence-electron chi connectivity index (χ2n) is 4.92. The molecule has 92 valence electrons. The highest BCUT2D eigenvalue weighted by Crippen LogP contribution is 2.20. The molecular formula is C12H22ClN3. The second kappa shape index (κ2) is 5.69. The Balaban J connectivity index is 2.77. The molecule has 16 heavy (non-hydrogen) atoms. The van der Waals surface area contributed by atoms with E-state index < -0.39 is 0 Å². The predicted molar refractivity (Wildman–Crippen MR) is 69.0 cm³/mol. The number of aryl methyl sites for hydroxylation is 1. The van der Waals surface area contributed by atoms with Crippen molar-refractivity contribution < 1.29 is 0 Å². The maximum atomic E-state index is 6.04. The largest absolute Gasteiger partial charge is 0.312 e. The molecule has 0 aliphatic rings. The summed E-state index contributed by atoms with van der Waals surface area (Å²) in [5.41, 5.74) is 0.900. The van der Waals surface area contributed by atoms with Crippen molar-refractivity contribution in [3.05, 3.63) is 16.9 Å². The zero-order chi connectivity index (χ0) is 12.3. The molecule has 0 radical (unpaired) electrons. The summed E-state index contributed by atoms with van der Waals surface area (Å²) in [6, 6.07) is 0.849. The van der Waals surface area contributed by atoms with Crippen LogP contribution in [0.1, 0.15) is 39.4 Å². The minimum atomic E-state index is 0.355. The molecule has 0 saturated heterocycles. The summed E-state index contributed by atoms with van der Waals surface area (Å²) in [6.45, 7) is 11.6. The average molecular weight is 244 g/mol. The van der Waals surface area contributed by atoms with E-state index in [1.54, 1.807) is 0 Å². The van der Waals surface area contributed by atoms with Gasteiger partial charge in [0.2, 0.25) is 0 Å². The predicted octanol–water partition coefficient (Wildman–Crippen LogP) is 3.04. The second-order valence-corrected chi connectivity index (χ2v) is 5.32. The van der Waals surface area contributed by atoms with Crippen molar-refractivity contribution in [3.63, 3.8) is 0 Å². The van der Waals surface area contributed by atoms with Crippen LogP contribution in [0.4, 0.5) is 0 Å². The SMILES string of the molecule is Cc1nn(C(CNC(C)C)C(C)C)cc1Cl. The molecule has 0 aliphatic carbocycles. The smallest absolute Gasteiger partial charge is 0.0815 e. The molecular weight excluding hydrogens is 222 g/mol. The lowest BCUT2D eigenvalue weighted by Crippen LogP contribution is -2.33. The summed E-state index contributed by atoms with van der Waals surface area (Å²) in [5, 5.41) is 8.65. The van der Waals surface area contributed by atoms with Crippen LogP contribution in [0.15, 0.2) is 6.20 Å². The van der Waals surface area contributed by atoms with E-state index in [4.69, 9.17) is 11.6 Å². The molecule has 0 fully saturated rings. The van der Waals surface area contributed by atoms with E-state index in [-0.39, 0.29) is 0 Å². The molecule has 0 spiro atoms. The van der Waals surface area contributed by atoms with Crippen LogP contribution in [0.25, 0.3) is 0 Å². The third-order valence-electron chi connectivity index (χ3n) is 2.70. The Morgan fingerprint density at radius 3 is 2.38 bits per heavy atom. The highest BCUT2D eigenvalue weighted by molar-refractivity contribution is 6.31. The highest BCUT2D eigenvalue weighted by atomic mass is 35.5. The first kappa shape index (κ1) is 13.5. The molecule has 0 aliphatic heterocycles. The van der Waals surface area contributed by atoms with Crippen molar-refractivity contribution in [2.45, 2.75) is 46.7 Å². The minimum absolute atomic E-state index is 0.355. The number of rotatable bonds is 5. The van der Waals surface area contributed by atoms with Crippen LogP contribution in [0.3, 0.4) is 0 Å². The van der Waals surface area contributed by atoms with E-state index in [1.807, 2.05) is 17.8 Å². The summed E-state index contributed by atoms with van der Waals surface area (Å²) < 4.78 is 1.98. The van der Waals surface area contributed by atoms with E-state index in [1.165, 1.54) is 0 Å². The van der Waals surface area contributed by atoms with Crippen LogP contribution in [-0.4, -0.2) is 22.4 Å². The lowest BCUT2D eigenvalue weighted by Gasteiger charge is -2.23. The van der Waals surface area contributed by atoms with Crippen molar-refractivity contribution in [2.75, 3.05) is 6.54 Å². The average Bonchev–Trinajstić information content (AvgIpc) is 2.46. The monoisotopic (exact) mass is 243 g/mol. The van der Waals surface area contributed by atoms with Gasteiger partial charge in [-0.1, -0.05) is 39.3 Å². The van der Waals surface area contributed by atoms with Crippen LogP contribution in [0, 0.1) is 12.8 Å². The molecule has 1 heterocycles. The molecule has 4 heteroatoms. The quantitative estimate of drug-likeness (QED) is 0.862. The molecule has 0 aromatic carbocycles. The standard InChI is InChI=1S/C12H22ClN3/c1-8(2)12(6-14-9(3)4)16-7-11(13)10(5)15-16/h7-9,12,14H,6H2,1-5H3. The van der Waals surface area contributed by atoms with Crippen molar-refractivity contribution in [3.8, 4) is 0 Å². The summed E-state index contributed by atoms with van der Waals surface area (Å²) in [5.74, 6) is 0.529. The summed E-state index contributed by atoms with van der Waals surface area (Å²) in [7, 11) is 0. The zero-order valence-electron chi connectivity index (χ0n) is 10.8. The molecule has 0 amide bonds. The zero-order valence-corrected chi connectivity index (χ0v) is 11.5. The Morgan fingerprint density at radius 1 is 1.38 bits per heavy atom. The van der Waals surface area contributed by atoms with Gasteiger partial charge in [0.05, 0.1) is 16.8 Å². The van der Waals surface area contributed by atoms with Gasteiger partial charge in [0.15, 0.2) is 0 Å². The third-order valence-corrected chi connectivity index (χ3v) is 3.07. The fourth-order valence-electron chi connectivity index (χ4n) is 1.62. The van der Waals surface area contributed by atoms with E-state index in [0.717, 1.165) is 17.3 Å². The molecule has 1 aromatic rings. The fraction of sp³-hybridized carbons (Fsp3) is 0.750. The van der Waals surface area contributed by atoms with Gasteiger partial charge in [0.25, 0.3) is 0 Å². The number of hydrogen-bond acceptors (Lipinski definition) is 2. The van der Waals surface area contributed by atoms with E-state index in [9.17, 15) is 0 Å². The van der Waals surface area contributed by atoms with Crippen molar-refractivity contribution in [1.29, 1.82) is 0 Å². The first-order chi connectivity index (χ1) is 7.41. The van der Waals surface area contributed by atoms with Crippen LogP contribution in [0.2, 0.25) is 5.02 Å². The van der Waals surface area contributed by atoms with Crippen molar-refractivity contribution in [1.82, 2.24) is 15.1 Å². The molecule has 1 rings (SSSR count). The number of nitrogens with one attached hydrogen (secondary N) is 1. The number of nitrogens with zero attached hydrogens (tertiary/aromatic N) is 2. The Bertz CT molecular complexity index is 312. The van der Waals surface area contributed by atoms with E-state index in [0.29, 0.717) is 18.0 Å². The van der Waals surface area contributed by atoms with Crippen LogP contribution >= 0.6 is 11.6 Å². The molecule has 1 N–H and O–H groups in total. The Kier molecular flexibility index (Phi) is 4.81. The van der Waals surface area contributed by atoms with Crippen LogP contribution in [-0.2, 0) is 0 Å². The molecule has 1 aromatic heterocycles. The van der Waals surface area contributed by atoms with Gasteiger partial charge in [-0.3, -0.25) is 4.68 Å². The number of aromatic nitrogens is 2. The normalized spacial score (nSPS) is 13.8. The number of halogens is 1. The lowest BCUT2D eigenvalue weighted by molar-refractivity contribution is 0.321. The highest BCUT2D eigenvalue weighted by Gasteiger charge is 2.17. The van der Waals surface area contributed by atoms with Crippen LogP contribution < -0.4 is 5.32 Å². The maximum absolute atomic E-state index is 6.04. The van der Waals surface area contributed by atoms with Crippen LogP contribution in [0.5, 0.6) is 0 Å². The molecule has 3 nitrogen and oxygen atoms in total. The van der Waals surface area contributed by atoms with Gasteiger partial charge in [0.1, 0.15) is 0 Å². The summed E-state index contributed by atoms with van der Waals surface area (Å²) in [4.78, 5) is 0. The van der Waals surface area contributed by atoms with Crippen molar-refractivity contribution >= 4 is 11.6 Å². The fourth-order valence-corrected chi connectivity index (χ4v) is 1.76. The van der Waals surface area contributed by atoms with Gasteiger partial charge in [-0.25, -0.2) is 0 Å². The first-order valence-corrected chi connectivity index (χ1v) is 6.24. The van der Waals surface area contributed by atoms with Gasteiger partial charge in [-0.2, -0.15) is 5.10 Å². The Labute approximate surface area is 103 Å². The third kappa shape index (κ3) is 3.49. The number of hydrogen-bond donors (Lipinski definition) is 1. The lowest BCUT2D eigenvalue weighted by atomic mass is 10.0. The van der Waals surface area contributed by atoms with Gasteiger partial charge in [-0.05, 0) is 12.8 Å². The Morgan fingerprint density at radius 2 is 2.00 bits per heavy atom. The van der Waals surface area contributed by atoms with E-state index in [2.05, 4.69) is 38.1 Å². The summed E-state index contributed by atoms with van der Waals surface area (Å²) >= 11 is 6.04. The topological polar surface area (TPSA) is 29.9 Å². The molecule has 0 saturated carbocycles. The molecule has 1 atom stereocenters. The maximum Gasteiger partial charge on any atom is 0.0815 e. The van der Waals surface area contributed by atoms with E-state index >= 15 is 0 Å². The molecule has 1 unspecified atom stereocenters. The Hall–Kier alpha value is -0.540. The van der Waals surface area contributed by atoms with Gasteiger partial charge in [-0.15, -0.1) is 0 Å². The van der Waals surface area contributed by atoms with Gasteiger partial charge in [0, 0.05) is 18.8 Å². The molecule has 0 bridgehead atoms. The first-order valence-electron chi connectivity index (χ1n) is 5.86. The van der Waals surface area contributed by atoms with Gasteiger partial charge >= 0.3 is 0 Å². The minimum Gasteiger partial charge on any atom is -0.312 e. The van der Waals surface area contributed by atoms with Crippen molar-refractivity contribution in [2.24, 2.45) is 5.92 Å².